The molecule has 1 unspecified atom stereocenters. The first kappa shape index (κ1) is 14.7. The second kappa shape index (κ2) is 7.84. The first-order chi connectivity index (χ1) is 8.61. The molecule has 0 aliphatic rings. The maximum absolute atomic E-state index is 11.2. The Kier molecular flexibility index (Phi) is 6.39. The summed E-state index contributed by atoms with van der Waals surface area (Å²) in [5.74, 6) is -1.49. The molecule has 0 bridgehead atoms. The monoisotopic (exact) mass is 252 g/mol. The minimum absolute atomic E-state index is 0.165. The number of ether oxygens (including phenoxy) is 2. The normalized spacial score (nSPS) is 12.6. The number of aliphatic carboxylic acids is 1. The highest BCUT2D eigenvalue weighted by Crippen LogP contribution is 2.16. The van der Waals surface area contributed by atoms with Gasteiger partial charge in [-0.1, -0.05) is 30.3 Å². The van der Waals surface area contributed by atoms with Crippen molar-refractivity contribution in [1.82, 2.24) is 0 Å². The zero-order chi connectivity index (χ0) is 13.4. The molecule has 100 valence electrons. The molecule has 0 saturated carbocycles. The summed E-state index contributed by atoms with van der Waals surface area (Å²) in [7, 11) is 0. The van der Waals surface area contributed by atoms with Crippen LogP contribution < -0.4 is 0 Å². The number of carboxylic acids is 1. The highest BCUT2D eigenvalue weighted by atomic mass is 16.5. The number of carbonyl (C=O) groups is 1. The lowest BCUT2D eigenvalue weighted by Crippen LogP contribution is -2.19. The highest BCUT2D eigenvalue weighted by Gasteiger charge is 2.19. The molecule has 0 aromatic heterocycles. The Morgan fingerprint density at radius 1 is 1.22 bits per heavy atom. The van der Waals surface area contributed by atoms with Crippen molar-refractivity contribution in [2.24, 2.45) is 0 Å². The van der Waals surface area contributed by atoms with Crippen LogP contribution in [0.5, 0.6) is 0 Å². The average molecular weight is 252 g/mol. The molecule has 1 atom stereocenters. The molecule has 4 nitrogen and oxygen atoms in total. The predicted octanol–water partition coefficient (Wildman–Crippen LogP) is 2.30. The van der Waals surface area contributed by atoms with E-state index >= 15 is 0 Å². The second-order valence-electron chi connectivity index (χ2n) is 4.30. The van der Waals surface area contributed by atoms with E-state index in [1.165, 1.54) is 0 Å². The third kappa shape index (κ3) is 5.29. The van der Waals surface area contributed by atoms with E-state index in [2.05, 4.69) is 0 Å². The van der Waals surface area contributed by atoms with Gasteiger partial charge >= 0.3 is 5.97 Å². The van der Waals surface area contributed by atoms with Crippen LogP contribution >= 0.6 is 0 Å². The molecule has 0 spiro atoms. The molecule has 1 aromatic carbocycles. The summed E-state index contributed by atoms with van der Waals surface area (Å²) in [5.41, 5.74) is 0.759. The van der Waals surface area contributed by atoms with Gasteiger partial charge in [-0.15, -0.1) is 0 Å². The number of hydrogen-bond acceptors (Lipinski definition) is 3. The summed E-state index contributed by atoms with van der Waals surface area (Å²) in [4.78, 5) is 11.2. The predicted molar refractivity (Wildman–Crippen MR) is 68.7 cm³/mol. The molecule has 0 fully saturated rings. The van der Waals surface area contributed by atoms with E-state index in [0.29, 0.717) is 13.2 Å². The molecular formula is C14H20O4. The minimum Gasteiger partial charge on any atom is -0.481 e. The average Bonchev–Trinajstić information content (AvgIpc) is 2.34. The zero-order valence-electron chi connectivity index (χ0n) is 10.8. The Balaban J connectivity index is 2.38. The van der Waals surface area contributed by atoms with Gasteiger partial charge in [-0.3, -0.25) is 4.79 Å². The van der Waals surface area contributed by atoms with Gasteiger partial charge < -0.3 is 14.6 Å². The van der Waals surface area contributed by atoms with E-state index in [4.69, 9.17) is 14.6 Å². The first-order valence-electron chi connectivity index (χ1n) is 6.08. The molecule has 0 amide bonds. The largest absolute Gasteiger partial charge is 0.481 e. The molecule has 0 saturated heterocycles. The lowest BCUT2D eigenvalue weighted by molar-refractivity contribution is -0.140. The summed E-state index contributed by atoms with van der Waals surface area (Å²) in [5, 5.41) is 9.16. The van der Waals surface area contributed by atoms with Crippen molar-refractivity contribution < 1.29 is 19.4 Å². The van der Waals surface area contributed by atoms with Gasteiger partial charge in [-0.2, -0.15) is 0 Å². The molecule has 1 N–H and O–H groups in total. The lowest BCUT2D eigenvalue weighted by atomic mass is 10.0. The van der Waals surface area contributed by atoms with Crippen LogP contribution in [0.1, 0.15) is 25.3 Å². The van der Waals surface area contributed by atoms with Gasteiger partial charge in [0, 0.05) is 0 Å². The van der Waals surface area contributed by atoms with Crippen LogP contribution in [0.3, 0.4) is 0 Å². The van der Waals surface area contributed by atoms with Crippen LogP contribution in [0.4, 0.5) is 0 Å². The smallest absolute Gasteiger partial charge is 0.313 e. The third-order valence-corrected chi connectivity index (χ3v) is 2.46. The number of carboxylic acid groups (broad SMARTS) is 1. The van der Waals surface area contributed by atoms with Gasteiger partial charge in [-0.05, 0) is 19.4 Å². The molecule has 4 heteroatoms. The molecule has 0 aliphatic heterocycles. The maximum Gasteiger partial charge on any atom is 0.313 e. The van der Waals surface area contributed by atoms with Crippen molar-refractivity contribution in [3.8, 4) is 0 Å². The van der Waals surface area contributed by atoms with Gasteiger partial charge in [0.25, 0.3) is 0 Å². The fraction of sp³-hybridized carbons (Fsp3) is 0.500. The van der Waals surface area contributed by atoms with Gasteiger partial charge in [0.15, 0.2) is 0 Å². The standard InChI is InChI=1S/C14H20O4/c1-11(2)18-9-8-17-10-13(14(15)16)12-6-4-3-5-7-12/h3-7,11,13H,8-10H2,1-2H3,(H,15,16). The highest BCUT2D eigenvalue weighted by molar-refractivity contribution is 5.76. The Morgan fingerprint density at radius 3 is 2.44 bits per heavy atom. The summed E-state index contributed by atoms with van der Waals surface area (Å²) in [6.45, 7) is 4.96. The van der Waals surface area contributed by atoms with Crippen molar-refractivity contribution in [2.45, 2.75) is 25.9 Å². The molecule has 18 heavy (non-hydrogen) atoms. The van der Waals surface area contributed by atoms with Crippen LogP contribution in [-0.2, 0) is 14.3 Å². The van der Waals surface area contributed by atoms with Crippen LogP contribution in [0.2, 0.25) is 0 Å². The lowest BCUT2D eigenvalue weighted by Gasteiger charge is -2.13. The number of benzene rings is 1. The van der Waals surface area contributed by atoms with Crippen LogP contribution in [0, 0.1) is 0 Å². The summed E-state index contributed by atoms with van der Waals surface area (Å²) < 4.78 is 10.7. The molecular weight excluding hydrogens is 232 g/mol. The fourth-order valence-electron chi connectivity index (χ4n) is 1.54. The first-order valence-corrected chi connectivity index (χ1v) is 6.08. The zero-order valence-corrected chi connectivity index (χ0v) is 10.8. The molecule has 1 rings (SSSR count). The van der Waals surface area contributed by atoms with Gasteiger partial charge in [-0.25, -0.2) is 0 Å². The fourth-order valence-corrected chi connectivity index (χ4v) is 1.54. The van der Waals surface area contributed by atoms with E-state index in [1.54, 1.807) is 12.1 Å². The second-order valence-corrected chi connectivity index (χ2v) is 4.30. The third-order valence-electron chi connectivity index (χ3n) is 2.46. The summed E-state index contributed by atoms with van der Waals surface area (Å²) in [6, 6.07) is 9.11. The Bertz CT molecular complexity index is 348. The maximum atomic E-state index is 11.2. The quantitative estimate of drug-likeness (QED) is 0.721. The van der Waals surface area contributed by atoms with Gasteiger partial charge in [0.05, 0.1) is 25.9 Å². The molecule has 0 heterocycles. The van der Waals surface area contributed by atoms with Gasteiger partial charge in [0.2, 0.25) is 0 Å². The number of rotatable bonds is 8. The molecule has 0 aliphatic carbocycles. The van der Waals surface area contributed by atoms with Crippen molar-refractivity contribution >= 4 is 5.97 Å². The van der Waals surface area contributed by atoms with E-state index in [1.807, 2.05) is 32.0 Å². The van der Waals surface area contributed by atoms with Gasteiger partial charge in [0.1, 0.15) is 5.92 Å². The Labute approximate surface area is 108 Å². The van der Waals surface area contributed by atoms with Crippen LogP contribution in [-0.4, -0.2) is 37.0 Å². The summed E-state index contributed by atoms with van der Waals surface area (Å²) >= 11 is 0. The van der Waals surface area contributed by atoms with Crippen molar-refractivity contribution in [3.63, 3.8) is 0 Å². The SMILES string of the molecule is CC(C)OCCOCC(C(=O)O)c1ccccc1. The summed E-state index contributed by atoms with van der Waals surface area (Å²) in [6.07, 6.45) is 0.165. The topological polar surface area (TPSA) is 55.8 Å². The number of hydrogen-bond donors (Lipinski definition) is 1. The molecule has 0 radical (unpaired) electrons. The Morgan fingerprint density at radius 2 is 1.89 bits per heavy atom. The van der Waals surface area contributed by atoms with E-state index in [0.717, 1.165) is 5.56 Å². The van der Waals surface area contributed by atoms with Crippen molar-refractivity contribution in [1.29, 1.82) is 0 Å². The van der Waals surface area contributed by atoms with Crippen molar-refractivity contribution in [3.05, 3.63) is 35.9 Å². The Hall–Kier alpha value is -1.39. The van der Waals surface area contributed by atoms with Crippen LogP contribution in [0.15, 0.2) is 30.3 Å². The minimum atomic E-state index is -0.869. The molecule has 1 aromatic rings. The van der Waals surface area contributed by atoms with E-state index in [9.17, 15) is 4.79 Å². The van der Waals surface area contributed by atoms with Crippen molar-refractivity contribution in [2.75, 3.05) is 19.8 Å². The van der Waals surface area contributed by atoms with E-state index in [-0.39, 0.29) is 12.7 Å². The van der Waals surface area contributed by atoms with E-state index < -0.39 is 11.9 Å². The van der Waals surface area contributed by atoms with Crippen LogP contribution in [0.25, 0.3) is 0 Å².